The summed E-state index contributed by atoms with van der Waals surface area (Å²) in [5.41, 5.74) is 1.52. The zero-order valence-corrected chi connectivity index (χ0v) is 17.5. The van der Waals surface area contributed by atoms with E-state index >= 15 is 0 Å². The van der Waals surface area contributed by atoms with Crippen molar-refractivity contribution in [2.75, 3.05) is 20.6 Å². The number of rotatable bonds is 5. The van der Waals surface area contributed by atoms with Gasteiger partial charge in [0.2, 0.25) is 0 Å². The van der Waals surface area contributed by atoms with Crippen molar-refractivity contribution in [2.24, 2.45) is 12.0 Å². The normalized spacial score (nSPS) is 11.2. The van der Waals surface area contributed by atoms with Crippen LogP contribution in [0.5, 0.6) is 0 Å². The van der Waals surface area contributed by atoms with Crippen molar-refractivity contribution < 1.29 is 8.78 Å². The van der Waals surface area contributed by atoms with Gasteiger partial charge in [-0.3, -0.25) is 4.99 Å². The van der Waals surface area contributed by atoms with E-state index < -0.39 is 11.6 Å². The third kappa shape index (κ3) is 6.14. The van der Waals surface area contributed by atoms with E-state index in [1.54, 1.807) is 7.05 Å². The number of hydrogen-bond donors (Lipinski definition) is 1. The maximum absolute atomic E-state index is 13.6. The highest BCUT2D eigenvalue weighted by atomic mass is 127. The summed E-state index contributed by atoms with van der Waals surface area (Å²) in [7, 11) is 5.53. The Morgan fingerprint density at radius 1 is 1.32 bits per heavy atom. The summed E-state index contributed by atoms with van der Waals surface area (Å²) in [6, 6.07) is 5.53. The molecule has 1 N–H and O–H groups in total. The van der Waals surface area contributed by atoms with Gasteiger partial charge in [0.15, 0.2) is 5.96 Å². The minimum atomic E-state index is -0.569. The average Bonchev–Trinajstić information content (AvgIpc) is 2.83. The molecule has 1 aromatic carbocycles. The van der Waals surface area contributed by atoms with Crippen molar-refractivity contribution in [3.05, 3.63) is 58.4 Å². The molecule has 0 aliphatic heterocycles. The van der Waals surface area contributed by atoms with Crippen molar-refractivity contribution in [1.82, 2.24) is 14.8 Å². The Morgan fingerprint density at radius 3 is 2.60 bits per heavy atom. The molecule has 1 aromatic heterocycles. The van der Waals surface area contributed by atoms with Gasteiger partial charge in [-0.05, 0) is 24.1 Å². The highest BCUT2D eigenvalue weighted by molar-refractivity contribution is 14.0. The number of aromatic nitrogens is 1. The molecule has 0 fully saturated rings. The lowest BCUT2D eigenvalue weighted by Crippen LogP contribution is -2.39. The van der Waals surface area contributed by atoms with E-state index in [0.717, 1.165) is 11.8 Å². The topological polar surface area (TPSA) is 32.6 Å². The van der Waals surface area contributed by atoms with Gasteiger partial charge in [0.05, 0.1) is 11.6 Å². The van der Waals surface area contributed by atoms with Gasteiger partial charge in [0, 0.05) is 45.6 Å². The van der Waals surface area contributed by atoms with Gasteiger partial charge < -0.3 is 14.8 Å². The molecule has 0 atom stereocenters. The highest BCUT2D eigenvalue weighted by Crippen LogP contribution is 2.14. The second-order valence-electron chi connectivity index (χ2n) is 5.58. The first kappa shape index (κ1) is 21.7. The standard InChI is InChI=1S/C17H21ClF2N4.HI/c1-21-17(24(3)11-15-8-13(18)10-23(15)2)22-7-6-12-4-5-14(19)9-16(12)20;/h4-5,8-10H,6-7,11H2,1-3H3,(H,21,22);1H. The zero-order valence-electron chi connectivity index (χ0n) is 14.4. The molecule has 1 heterocycles. The largest absolute Gasteiger partial charge is 0.356 e. The lowest BCUT2D eigenvalue weighted by atomic mass is 10.1. The number of hydrogen-bond acceptors (Lipinski definition) is 1. The number of nitrogens with one attached hydrogen (secondary N) is 1. The van der Waals surface area contributed by atoms with Crippen LogP contribution in [-0.2, 0) is 20.0 Å². The Kier molecular flexibility index (Phi) is 8.64. The van der Waals surface area contributed by atoms with Crippen LogP contribution in [0.4, 0.5) is 8.78 Å². The molecule has 25 heavy (non-hydrogen) atoms. The Hall–Kier alpha value is -1.35. The van der Waals surface area contributed by atoms with E-state index in [1.807, 2.05) is 35.8 Å². The molecular weight excluding hydrogens is 461 g/mol. The SMILES string of the molecule is CN=C(NCCc1ccc(F)cc1F)N(C)Cc1cc(Cl)cn1C.I. The fourth-order valence-electron chi connectivity index (χ4n) is 2.46. The van der Waals surface area contributed by atoms with Gasteiger partial charge in [0.25, 0.3) is 0 Å². The van der Waals surface area contributed by atoms with Gasteiger partial charge in [-0.25, -0.2) is 8.78 Å². The molecule has 0 bridgehead atoms. The third-order valence-electron chi connectivity index (χ3n) is 3.74. The minimum Gasteiger partial charge on any atom is -0.356 e. The molecule has 2 rings (SSSR count). The van der Waals surface area contributed by atoms with E-state index in [-0.39, 0.29) is 24.0 Å². The van der Waals surface area contributed by atoms with Crippen LogP contribution < -0.4 is 5.32 Å². The van der Waals surface area contributed by atoms with Crippen molar-refractivity contribution in [1.29, 1.82) is 0 Å². The number of aryl methyl sites for hydroxylation is 1. The Morgan fingerprint density at radius 2 is 2.04 bits per heavy atom. The molecule has 0 saturated heterocycles. The van der Waals surface area contributed by atoms with Crippen molar-refractivity contribution in [2.45, 2.75) is 13.0 Å². The molecular formula is C17H22ClF2IN4. The van der Waals surface area contributed by atoms with Crippen LogP contribution in [0.25, 0.3) is 0 Å². The summed E-state index contributed by atoms with van der Waals surface area (Å²) < 4.78 is 28.5. The molecule has 0 aliphatic carbocycles. The monoisotopic (exact) mass is 482 g/mol. The lowest BCUT2D eigenvalue weighted by Gasteiger charge is -2.22. The number of aliphatic imine (C=N–C) groups is 1. The minimum absolute atomic E-state index is 0. The first-order valence-corrected chi connectivity index (χ1v) is 7.95. The molecule has 2 aromatic rings. The van der Waals surface area contributed by atoms with Crippen molar-refractivity contribution in [3.63, 3.8) is 0 Å². The number of benzene rings is 1. The van der Waals surface area contributed by atoms with Crippen molar-refractivity contribution in [3.8, 4) is 0 Å². The third-order valence-corrected chi connectivity index (χ3v) is 3.95. The average molecular weight is 483 g/mol. The molecule has 4 nitrogen and oxygen atoms in total. The number of guanidine groups is 1. The van der Waals surface area contributed by atoms with Gasteiger partial charge >= 0.3 is 0 Å². The number of halogens is 4. The first-order valence-electron chi connectivity index (χ1n) is 7.57. The van der Waals surface area contributed by atoms with E-state index in [4.69, 9.17) is 11.6 Å². The summed E-state index contributed by atoms with van der Waals surface area (Å²) in [4.78, 5) is 6.17. The molecule has 0 saturated carbocycles. The summed E-state index contributed by atoms with van der Waals surface area (Å²) in [5.74, 6) is -0.408. The fraction of sp³-hybridized carbons (Fsp3) is 0.353. The van der Waals surface area contributed by atoms with Gasteiger partial charge in [-0.1, -0.05) is 17.7 Å². The van der Waals surface area contributed by atoms with Crippen LogP contribution >= 0.6 is 35.6 Å². The van der Waals surface area contributed by atoms with Gasteiger partial charge in [0.1, 0.15) is 11.6 Å². The maximum atomic E-state index is 13.6. The van der Waals surface area contributed by atoms with E-state index in [9.17, 15) is 8.78 Å². The van der Waals surface area contributed by atoms with E-state index in [2.05, 4.69) is 10.3 Å². The highest BCUT2D eigenvalue weighted by Gasteiger charge is 2.10. The molecule has 0 amide bonds. The van der Waals surface area contributed by atoms with Gasteiger partial charge in [-0.15, -0.1) is 24.0 Å². The van der Waals surface area contributed by atoms with E-state index in [1.165, 1.54) is 12.1 Å². The van der Waals surface area contributed by atoms with Crippen LogP contribution in [-0.4, -0.2) is 36.1 Å². The molecule has 0 aliphatic rings. The molecule has 0 radical (unpaired) electrons. The van der Waals surface area contributed by atoms with Crippen LogP contribution in [0.1, 0.15) is 11.3 Å². The maximum Gasteiger partial charge on any atom is 0.193 e. The Labute approximate surface area is 168 Å². The molecule has 138 valence electrons. The smallest absolute Gasteiger partial charge is 0.193 e. The summed E-state index contributed by atoms with van der Waals surface area (Å²) in [5, 5.41) is 3.87. The fourth-order valence-corrected chi connectivity index (χ4v) is 2.73. The van der Waals surface area contributed by atoms with E-state index in [0.29, 0.717) is 36.1 Å². The number of nitrogens with zero attached hydrogens (tertiary/aromatic N) is 3. The van der Waals surface area contributed by atoms with Crippen LogP contribution in [0, 0.1) is 11.6 Å². The molecule has 0 unspecified atom stereocenters. The molecule has 0 spiro atoms. The summed E-state index contributed by atoms with van der Waals surface area (Å²) >= 11 is 5.99. The van der Waals surface area contributed by atoms with Crippen LogP contribution in [0.15, 0.2) is 35.5 Å². The predicted molar refractivity (Wildman–Crippen MR) is 109 cm³/mol. The Balaban J connectivity index is 0.00000312. The first-order chi connectivity index (χ1) is 11.4. The van der Waals surface area contributed by atoms with Crippen LogP contribution in [0.3, 0.4) is 0 Å². The quantitative estimate of drug-likeness (QED) is 0.399. The Bertz CT molecular complexity index is 733. The summed E-state index contributed by atoms with van der Waals surface area (Å²) in [6.45, 7) is 1.13. The molecule has 8 heteroatoms. The summed E-state index contributed by atoms with van der Waals surface area (Å²) in [6.07, 6.45) is 2.28. The van der Waals surface area contributed by atoms with Crippen molar-refractivity contribution >= 4 is 41.5 Å². The second-order valence-corrected chi connectivity index (χ2v) is 6.01. The van der Waals surface area contributed by atoms with Crippen LogP contribution in [0.2, 0.25) is 5.02 Å². The second kappa shape index (κ2) is 9.96. The predicted octanol–water partition coefficient (Wildman–Crippen LogP) is 3.82. The lowest BCUT2D eigenvalue weighted by molar-refractivity contribution is 0.462. The zero-order chi connectivity index (χ0) is 17.7. The van der Waals surface area contributed by atoms with Gasteiger partial charge in [-0.2, -0.15) is 0 Å².